The minimum Gasteiger partial charge on any atom is -0.379 e. The normalized spacial score (nSPS) is 34.5. The van der Waals surface area contributed by atoms with E-state index < -0.39 is 0 Å². The molecule has 6 nitrogen and oxygen atoms in total. The summed E-state index contributed by atoms with van der Waals surface area (Å²) in [4.78, 5) is 22.6. The first-order valence-corrected chi connectivity index (χ1v) is 9.33. The van der Waals surface area contributed by atoms with Crippen molar-refractivity contribution in [2.45, 2.75) is 50.8 Å². The van der Waals surface area contributed by atoms with Crippen LogP contribution in [0.25, 0.3) is 0 Å². The molecule has 1 aliphatic carbocycles. The molecule has 1 N–H and O–H groups in total. The van der Waals surface area contributed by atoms with Crippen LogP contribution in [0.2, 0.25) is 0 Å². The molecule has 1 saturated carbocycles. The third-order valence-corrected chi connectivity index (χ3v) is 6.07. The van der Waals surface area contributed by atoms with Crippen LogP contribution in [0.1, 0.15) is 38.5 Å². The molecule has 4 rings (SSSR count). The summed E-state index contributed by atoms with van der Waals surface area (Å²) < 4.78 is 5.37. The predicted molar refractivity (Wildman–Crippen MR) is 85.5 cm³/mol. The Balaban J connectivity index is 1.23. The quantitative estimate of drug-likeness (QED) is 0.839. The first-order chi connectivity index (χ1) is 11.3. The van der Waals surface area contributed by atoms with E-state index in [1.54, 1.807) is 0 Å². The average Bonchev–Trinajstić information content (AvgIpc) is 3.05. The van der Waals surface area contributed by atoms with Gasteiger partial charge in [-0.2, -0.15) is 5.48 Å². The molecule has 0 spiro atoms. The van der Waals surface area contributed by atoms with Gasteiger partial charge in [0.05, 0.1) is 13.2 Å². The van der Waals surface area contributed by atoms with Crippen LogP contribution < -0.4 is 5.48 Å². The lowest BCUT2D eigenvalue weighted by atomic mass is 9.76. The Morgan fingerprint density at radius 3 is 2.48 bits per heavy atom. The van der Waals surface area contributed by atoms with Crippen molar-refractivity contribution in [3.63, 3.8) is 0 Å². The molecule has 3 aliphatic heterocycles. The lowest BCUT2D eigenvalue weighted by Crippen LogP contribution is -2.57. The monoisotopic (exact) mass is 323 g/mol. The number of amides is 1. The average molecular weight is 323 g/mol. The number of morpholine rings is 1. The lowest BCUT2D eigenvalue weighted by molar-refractivity contribution is -0.143. The maximum absolute atomic E-state index is 12.6. The van der Waals surface area contributed by atoms with Gasteiger partial charge in [-0.15, -0.1) is 0 Å². The fraction of sp³-hybridized carbons (Fsp3) is 0.941. The summed E-state index contributed by atoms with van der Waals surface area (Å²) in [7, 11) is 0. The van der Waals surface area contributed by atoms with Gasteiger partial charge in [-0.25, -0.2) is 0 Å². The Hall–Kier alpha value is -0.690. The number of ether oxygens (including phenoxy) is 1. The molecule has 3 saturated heterocycles. The molecule has 2 unspecified atom stereocenters. The van der Waals surface area contributed by atoms with Crippen molar-refractivity contribution >= 4 is 5.91 Å². The summed E-state index contributed by atoms with van der Waals surface area (Å²) in [6.07, 6.45) is 7.68. The number of carbonyl (C=O) groups excluding carboxylic acids is 1. The number of nitrogens with one attached hydrogen (secondary N) is 1. The Bertz CT molecular complexity index is 415. The van der Waals surface area contributed by atoms with Gasteiger partial charge in [0.1, 0.15) is 12.3 Å². The third-order valence-electron chi connectivity index (χ3n) is 6.07. The second-order valence-corrected chi connectivity index (χ2v) is 7.53. The predicted octanol–water partition coefficient (Wildman–Crippen LogP) is 0.977. The van der Waals surface area contributed by atoms with E-state index in [0.29, 0.717) is 0 Å². The van der Waals surface area contributed by atoms with Crippen LogP contribution in [0, 0.1) is 11.8 Å². The Kier molecular flexibility index (Phi) is 4.85. The summed E-state index contributed by atoms with van der Waals surface area (Å²) in [5.41, 5.74) is 2.97. The van der Waals surface area contributed by atoms with Crippen molar-refractivity contribution < 1.29 is 14.4 Å². The minimum absolute atomic E-state index is 0.0169. The van der Waals surface area contributed by atoms with Crippen LogP contribution in [0.15, 0.2) is 0 Å². The van der Waals surface area contributed by atoms with E-state index in [2.05, 4.69) is 10.4 Å². The highest BCUT2D eigenvalue weighted by Crippen LogP contribution is 2.35. The number of nitrogens with zero attached hydrogens (tertiary/aromatic N) is 2. The Morgan fingerprint density at radius 1 is 1.00 bits per heavy atom. The van der Waals surface area contributed by atoms with E-state index in [9.17, 15) is 4.79 Å². The lowest BCUT2D eigenvalue weighted by Gasteiger charge is -2.45. The zero-order valence-electron chi connectivity index (χ0n) is 13.9. The third kappa shape index (κ3) is 3.40. The summed E-state index contributed by atoms with van der Waals surface area (Å²) in [5, 5.41) is 0. The van der Waals surface area contributed by atoms with Gasteiger partial charge < -0.3 is 9.64 Å². The number of carbonyl (C=O) groups is 1. The number of likely N-dealkylation sites (tertiary alicyclic amines) is 1. The van der Waals surface area contributed by atoms with Crippen LogP contribution in [0.5, 0.6) is 0 Å². The van der Waals surface area contributed by atoms with Gasteiger partial charge in [-0.1, -0.05) is 32.1 Å². The largest absolute Gasteiger partial charge is 0.379 e. The molecule has 4 fully saturated rings. The first kappa shape index (κ1) is 15.8. The van der Waals surface area contributed by atoms with E-state index in [0.717, 1.165) is 57.6 Å². The van der Waals surface area contributed by atoms with Crippen LogP contribution in [-0.4, -0.2) is 67.4 Å². The van der Waals surface area contributed by atoms with Gasteiger partial charge in [0.15, 0.2) is 0 Å². The molecule has 0 aromatic carbocycles. The van der Waals surface area contributed by atoms with Gasteiger partial charge in [0.2, 0.25) is 5.91 Å². The van der Waals surface area contributed by atoms with Gasteiger partial charge >= 0.3 is 0 Å². The Labute approximate surface area is 138 Å². The van der Waals surface area contributed by atoms with E-state index in [4.69, 9.17) is 9.57 Å². The molecule has 3 heterocycles. The van der Waals surface area contributed by atoms with Gasteiger partial charge in [0.25, 0.3) is 0 Å². The molecule has 0 aromatic rings. The van der Waals surface area contributed by atoms with E-state index in [-0.39, 0.29) is 18.2 Å². The van der Waals surface area contributed by atoms with Crippen molar-refractivity contribution in [1.29, 1.82) is 0 Å². The molecule has 130 valence electrons. The molecule has 1 amide bonds. The second kappa shape index (κ2) is 7.05. The first-order valence-electron chi connectivity index (χ1n) is 9.33. The standard InChI is InChI=1S/C17H29N3O3/c21-17(20-11-14(12-20)13-4-2-1-3-5-13)15-10-16(23-18-15)19-6-8-22-9-7-19/h13-16,18H,1-12H2. The molecule has 2 atom stereocenters. The smallest absolute Gasteiger partial charge is 0.242 e. The van der Waals surface area contributed by atoms with Crippen molar-refractivity contribution in [3.05, 3.63) is 0 Å². The Morgan fingerprint density at radius 2 is 1.74 bits per heavy atom. The second-order valence-electron chi connectivity index (χ2n) is 7.53. The zero-order chi connectivity index (χ0) is 15.6. The SMILES string of the molecule is O=C(C1CC(N2CCOCC2)ON1)N1CC(C2CCCCC2)C1. The molecular formula is C17H29N3O3. The maximum Gasteiger partial charge on any atom is 0.242 e. The van der Waals surface area contributed by atoms with Crippen LogP contribution >= 0.6 is 0 Å². The molecule has 6 heteroatoms. The van der Waals surface area contributed by atoms with Crippen LogP contribution in [0.4, 0.5) is 0 Å². The number of hydrogen-bond donors (Lipinski definition) is 1. The van der Waals surface area contributed by atoms with Crippen LogP contribution in [0.3, 0.4) is 0 Å². The summed E-state index contributed by atoms with van der Waals surface area (Å²) in [5.74, 6) is 1.84. The zero-order valence-corrected chi connectivity index (χ0v) is 13.9. The minimum atomic E-state index is -0.171. The van der Waals surface area contributed by atoms with E-state index >= 15 is 0 Å². The molecule has 0 bridgehead atoms. The topological polar surface area (TPSA) is 54.0 Å². The molecule has 23 heavy (non-hydrogen) atoms. The van der Waals surface area contributed by atoms with Crippen molar-refractivity contribution in [2.24, 2.45) is 11.8 Å². The highest BCUT2D eigenvalue weighted by Gasteiger charge is 2.42. The summed E-state index contributed by atoms with van der Waals surface area (Å²) in [6.45, 7) is 5.22. The summed E-state index contributed by atoms with van der Waals surface area (Å²) >= 11 is 0. The maximum atomic E-state index is 12.6. The van der Waals surface area contributed by atoms with E-state index in [1.165, 1.54) is 32.1 Å². The highest BCUT2D eigenvalue weighted by molar-refractivity contribution is 5.82. The fourth-order valence-corrected chi connectivity index (χ4v) is 4.52. The summed E-state index contributed by atoms with van der Waals surface area (Å²) in [6, 6.07) is -0.171. The van der Waals surface area contributed by atoms with Gasteiger partial charge in [0, 0.05) is 32.6 Å². The fourth-order valence-electron chi connectivity index (χ4n) is 4.52. The van der Waals surface area contributed by atoms with Crippen LogP contribution in [-0.2, 0) is 14.4 Å². The highest BCUT2D eigenvalue weighted by atomic mass is 16.7. The van der Waals surface area contributed by atoms with Crippen molar-refractivity contribution in [1.82, 2.24) is 15.3 Å². The van der Waals surface area contributed by atoms with Gasteiger partial charge in [-0.3, -0.25) is 14.5 Å². The number of hydrogen-bond acceptors (Lipinski definition) is 5. The van der Waals surface area contributed by atoms with Crippen molar-refractivity contribution in [3.8, 4) is 0 Å². The van der Waals surface area contributed by atoms with Gasteiger partial charge in [-0.05, 0) is 11.8 Å². The molecular weight excluding hydrogens is 294 g/mol. The molecule has 4 aliphatic rings. The molecule has 0 aromatic heterocycles. The molecule has 0 radical (unpaired) electrons. The van der Waals surface area contributed by atoms with E-state index in [1.807, 2.05) is 4.90 Å². The number of hydroxylamine groups is 1. The van der Waals surface area contributed by atoms with Crippen molar-refractivity contribution in [2.75, 3.05) is 39.4 Å². The number of rotatable bonds is 3.